The Morgan fingerprint density at radius 3 is 2.65 bits per heavy atom. The highest BCUT2D eigenvalue weighted by atomic mass is 32.2. The molecule has 0 amide bonds. The molecule has 2 aromatic heterocycles. The summed E-state index contributed by atoms with van der Waals surface area (Å²) in [5, 5.41) is 4.18. The SMILES string of the molecule is CCn1ncc(S(=O)(=O)N2CCC[C@@H]2c2nc(C)cn2C)c1C. The largest absolute Gasteiger partial charge is 0.336 e. The predicted octanol–water partition coefficient (Wildman–Crippen LogP) is 1.78. The molecular formula is C15H23N5O2S. The summed E-state index contributed by atoms with van der Waals surface area (Å²) in [6.45, 7) is 6.86. The van der Waals surface area contributed by atoms with Gasteiger partial charge in [0.2, 0.25) is 10.0 Å². The zero-order valence-electron chi connectivity index (χ0n) is 14.0. The predicted molar refractivity (Wildman–Crippen MR) is 86.4 cm³/mol. The third-order valence-corrected chi connectivity index (χ3v) is 6.49. The third-order valence-electron chi connectivity index (χ3n) is 4.48. The van der Waals surface area contributed by atoms with Gasteiger partial charge in [-0.1, -0.05) is 0 Å². The van der Waals surface area contributed by atoms with Crippen molar-refractivity contribution in [1.29, 1.82) is 0 Å². The van der Waals surface area contributed by atoms with Gasteiger partial charge < -0.3 is 4.57 Å². The molecule has 0 aliphatic carbocycles. The topological polar surface area (TPSA) is 73.0 Å². The molecule has 0 bridgehead atoms. The van der Waals surface area contributed by atoms with Crippen molar-refractivity contribution in [1.82, 2.24) is 23.6 Å². The second-order valence-electron chi connectivity index (χ2n) is 6.04. The number of hydrogen-bond acceptors (Lipinski definition) is 4. The van der Waals surface area contributed by atoms with Crippen molar-refractivity contribution in [3.05, 3.63) is 29.6 Å². The lowest BCUT2D eigenvalue weighted by Gasteiger charge is -2.23. The molecule has 7 nitrogen and oxygen atoms in total. The van der Waals surface area contributed by atoms with Crippen LogP contribution in [0.3, 0.4) is 0 Å². The van der Waals surface area contributed by atoms with Crippen molar-refractivity contribution in [2.24, 2.45) is 7.05 Å². The van der Waals surface area contributed by atoms with Crippen LogP contribution in [0.15, 0.2) is 17.3 Å². The zero-order chi connectivity index (χ0) is 16.8. The highest BCUT2D eigenvalue weighted by Crippen LogP contribution is 2.36. The fourth-order valence-electron chi connectivity index (χ4n) is 3.36. The Labute approximate surface area is 137 Å². The average Bonchev–Trinajstić information content (AvgIpc) is 3.17. The fourth-order valence-corrected chi connectivity index (χ4v) is 5.17. The van der Waals surface area contributed by atoms with E-state index in [0.29, 0.717) is 23.7 Å². The molecule has 3 rings (SSSR count). The molecule has 8 heteroatoms. The summed E-state index contributed by atoms with van der Waals surface area (Å²) in [6, 6.07) is -0.205. The Bertz CT molecular complexity index is 821. The molecule has 0 saturated carbocycles. The maximum absolute atomic E-state index is 13.1. The van der Waals surface area contributed by atoms with Crippen LogP contribution in [-0.4, -0.2) is 38.6 Å². The van der Waals surface area contributed by atoms with Crippen molar-refractivity contribution in [2.45, 2.75) is 51.1 Å². The van der Waals surface area contributed by atoms with E-state index in [-0.39, 0.29) is 6.04 Å². The minimum atomic E-state index is -3.57. The van der Waals surface area contributed by atoms with E-state index in [9.17, 15) is 8.42 Å². The second kappa shape index (κ2) is 5.76. The Hall–Kier alpha value is -1.67. The van der Waals surface area contributed by atoms with Gasteiger partial charge in [0.1, 0.15) is 10.7 Å². The summed E-state index contributed by atoms with van der Waals surface area (Å²) in [5.74, 6) is 0.809. The number of aromatic nitrogens is 4. The number of hydrogen-bond donors (Lipinski definition) is 0. The Morgan fingerprint density at radius 2 is 2.09 bits per heavy atom. The quantitative estimate of drug-likeness (QED) is 0.852. The summed E-state index contributed by atoms with van der Waals surface area (Å²) < 4.78 is 31.5. The molecule has 0 N–H and O–H groups in total. The van der Waals surface area contributed by atoms with Crippen molar-refractivity contribution in [3.8, 4) is 0 Å². The van der Waals surface area contributed by atoms with Crippen molar-refractivity contribution in [3.63, 3.8) is 0 Å². The Kier molecular flexibility index (Phi) is 4.05. The lowest BCUT2D eigenvalue weighted by atomic mass is 10.2. The van der Waals surface area contributed by atoms with Gasteiger partial charge >= 0.3 is 0 Å². The molecular weight excluding hydrogens is 314 g/mol. The summed E-state index contributed by atoms with van der Waals surface area (Å²) in [4.78, 5) is 4.83. The van der Waals surface area contributed by atoms with Gasteiger partial charge in [0.15, 0.2) is 0 Å². The maximum atomic E-state index is 13.1. The van der Waals surface area contributed by atoms with Crippen LogP contribution in [-0.2, 0) is 23.6 Å². The van der Waals surface area contributed by atoms with Crippen LogP contribution in [0, 0.1) is 13.8 Å². The van der Waals surface area contributed by atoms with Crippen LogP contribution in [0.2, 0.25) is 0 Å². The molecule has 0 radical (unpaired) electrons. The number of nitrogens with zero attached hydrogens (tertiary/aromatic N) is 5. The molecule has 1 aliphatic heterocycles. The maximum Gasteiger partial charge on any atom is 0.247 e. The molecule has 3 heterocycles. The number of imidazole rings is 1. The van der Waals surface area contributed by atoms with Gasteiger partial charge in [-0.25, -0.2) is 13.4 Å². The number of sulfonamides is 1. The van der Waals surface area contributed by atoms with Gasteiger partial charge in [0, 0.05) is 26.3 Å². The molecule has 1 atom stereocenters. The summed E-state index contributed by atoms with van der Waals surface area (Å²) in [7, 11) is -1.65. The number of rotatable bonds is 4. The summed E-state index contributed by atoms with van der Waals surface area (Å²) in [5.41, 5.74) is 1.59. The monoisotopic (exact) mass is 337 g/mol. The van der Waals surface area contributed by atoms with Gasteiger partial charge in [0.05, 0.1) is 23.6 Å². The van der Waals surface area contributed by atoms with E-state index < -0.39 is 10.0 Å². The van der Waals surface area contributed by atoms with Crippen LogP contribution in [0.4, 0.5) is 0 Å². The Balaban J connectivity index is 2.01. The van der Waals surface area contributed by atoms with Crippen LogP contribution in [0.5, 0.6) is 0 Å². The molecule has 23 heavy (non-hydrogen) atoms. The van der Waals surface area contributed by atoms with E-state index in [4.69, 9.17) is 0 Å². The van der Waals surface area contributed by atoms with Crippen LogP contribution >= 0.6 is 0 Å². The zero-order valence-corrected chi connectivity index (χ0v) is 14.8. The van der Waals surface area contributed by atoms with Gasteiger partial charge in [-0.2, -0.15) is 9.40 Å². The second-order valence-corrected chi connectivity index (χ2v) is 7.89. The van der Waals surface area contributed by atoms with E-state index in [2.05, 4.69) is 10.1 Å². The standard InChI is InChI=1S/C15H23N5O2S/c1-5-19-12(3)14(9-16-19)23(21,22)20-8-6-7-13(20)15-17-11(2)10-18(15)4/h9-10,13H,5-8H2,1-4H3/t13-/m1/s1. The van der Waals surface area contributed by atoms with Gasteiger partial charge in [-0.05, 0) is 33.6 Å². The first kappa shape index (κ1) is 16.2. The van der Waals surface area contributed by atoms with E-state index in [0.717, 1.165) is 24.4 Å². The highest BCUT2D eigenvalue weighted by Gasteiger charge is 2.39. The lowest BCUT2D eigenvalue weighted by Crippen LogP contribution is -2.32. The van der Waals surface area contributed by atoms with E-state index in [1.54, 1.807) is 15.9 Å². The summed E-state index contributed by atoms with van der Waals surface area (Å²) >= 11 is 0. The third kappa shape index (κ3) is 2.59. The molecule has 126 valence electrons. The van der Waals surface area contributed by atoms with Gasteiger partial charge in [0.25, 0.3) is 0 Å². The summed E-state index contributed by atoms with van der Waals surface area (Å²) in [6.07, 6.45) is 5.04. The molecule has 0 spiro atoms. The van der Waals surface area contributed by atoms with Gasteiger partial charge in [-0.15, -0.1) is 0 Å². The minimum absolute atomic E-state index is 0.205. The van der Waals surface area contributed by atoms with E-state index >= 15 is 0 Å². The van der Waals surface area contributed by atoms with Crippen molar-refractivity contribution >= 4 is 10.0 Å². The van der Waals surface area contributed by atoms with Crippen molar-refractivity contribution < 1.29 is 8.42 Å². The van der Waals surface area contributed by atoms with Crippen LogP contribution < -0.4 is 0 Å². The van der Waals surface area contributed by atoms with Crippen LogP contribution in [0.25, 0.3) is 0 Å². The molecule has 1 fully saturated rings. The van der Waals surface area contributed by atoms with E-state index in [1.165, 1.54) is 6.20 Å². The number of aryl methyl sites for hydroxylation is 3. The minimum Gasteiger partial charge on any atom is -0.336 e. The van der Waals surface area contributed by atoms with E-state index in [1.807, 2.05) is 31.7 Å². The van der Waals surface area contributed by atoms with Crippen molar-refractivity contribution in [2.75, 3.05) is 6.54 Å². The molecule has 1 saturated heterocycles. The highest BCUT2D eigenvalue weighted by molar-refractivity contribution is 7.89. The smallest absolute Gasteiger partial charge is 0.247 e. The first-order valence-corrected chi connectivity index (χ1v) is 9.34. The normalized spacial score (nSPS) is 19.6. The molecule has 1 aliphatic rings. The molecule has 0 unspecified atom stereocenters. The average molecular weight is 337 g/mol. The first-order valence-electron chi connectivity index (χ1n) is 7.90. The molecule has 0 aromatic carbocycles. The lowest BCUT2D eigenvalue weighted by molar-refractivity contribution is 0.377. The first-order chi connectivity index (χ1) is 10.9. The Morgan fingerprint density at radius 1 is 1.35 bits per heavy atom. The molecule has 2 aromatic rings. The van der Waals surface area contributed by atoms with Gasteiger partial charge in [-0.3, -0.25) is 4.68 Å². The van der Waals surface area contributed by atoms with Crippen LogP contribution in [0.1, 0.15) is 43.0 Å². The fraction of sp³-hybridized carbons (Fsp3) is 0.600.